The van der Waals surface area contributed by atoms with Crippen molar-refractivity contribution >= 4 is 18.3 Å². The number of para-hydroxylation sites is 1. The number of hydrogen-bond donors (Lipinski definition) is 2. The first kappa shape index (κ1) is 20.5. The van der Waals surface area contributed by atoms with E-state index in [1.807, 2.05) is 48.9 Å². The maximum atomic E-state index is 12.6. The first-order chi connectivity index (χ1) is 12.1. The number of carbonyl (C=O) groups is 1. The fourth-order valence-corrected chi connectivity index (χ4v) is 3.85. The number of nitrogens with two attached hydrogens (primary N) is 1. The summed E-state index contributed by atoms with van der Waals surface area (Å²) >= 11 is 0. The monoisotopic (exact) mass is 376 g/mol. The van der Waals surface area contributed by atoms with E-state index >= 15 is 0 Å². The SMILES string of the molecule is Cc1nn(-c2ccccc2)c(C)c1CC(=O)NC1CCCCC1CN.Cl. The third-order valence-electron chi connectivity index (χ3n) is 5.34. The highest BCUT2D eigenvalue weighted by Gasteiger charge is 2.26. The molecule has 0 bridgehead atoms. The van der Waals surface area contributed by atoms with E-state index in [0.29, 0.717) is 18.9 Å². The van der Waals surface area contributed by atoms with Gasteiger partial charge in [0.1, 0.15) is 0 Å². The van der Waals surface area contributed by atoms with Gasteiger partial charge in [0.2, 0.25) is 5.91 Å². The number of hydrogen-bond acceptors (Lipinski definition) is 3. The summed E-state index contributed by atoms with van der Waals surface area (Å²) in [6.45, 7) is 4.65. The lowest BCUT2D eigenvalue weighted by Crippen LogP contribution is -2.45. The van der Waals surface area contributed by atoms with Crippen molar-refractivity contribution in [1.82, 2.24) is 15.1 Å². The van der Waals surface area contributed by atoms with Crippen molar-refractivity contribution in [3.63, 3.8) is 0 Å². The van der Waals surface area contributed by atoms with Crippen LogP contribution in [0.2, 0.25) is 0 Å². The molecule has 1 fully saturated rings. The Labute approximate surface area is 161 Å². The molecule has 1 aliphatic rings. The van der Waals surface area contributed by atoms with Gasteiger partial charge in [-0.05, 0) is 51.3 Å². The largest absolute Gasteiger partial charge is 0.353 e. The molecule has 26 heavy (non-hydrogen) atoms. The Balaban J connectivity index is 0.00000243. The van der Waals surface area contributed by atoms with Gasteiger partial charge in [0, 0.05) is 17.3 Å². The summed E-state index contributed by atoms with van der Waals surface area (Å²) in [5.74, 6) is 0.482. The molecule has 0 spiro atoms. The maximum Gasteiger partial charge on any atom is 0.224 e. The topological polar surface area (TPSA) is 72.9 Å². The van der Waals surface area contributed by atoms with Crippen LogP contribution < -0.4 is 11.1 Å². The van der Waals surface area contributed by atoms with Crippen LogP contribution in [0.1, 0.15) is 42.6 Å². The van der Waals surface area contributed by atoms with Crippen LogP contribution in [0, 0.1) is 19.8 Å². The van der Waals surface area contributed by atoms with Gasteiger partial charge >= 0.3 is 0 Å². The van der Waals surface area contributed by atoms with Crippen LogP contribution >= 0.6 is 12.4 Å². The molecule has 2 unspecified atom stereocenters. The molecule has 1 aromatic carbocycles. The van der Waals surface area contributed by atoms with Crippen LogP contribution in [0.15, 0.2) is 30.3 Å². The molecular weight excluding hydrogens is 348 g/mol. The molecule has 0 aliphatic heterocycles. The molecule has 3 N–H and O–H groups in total. The fourth-order valence-electron chi connectivity index (χ4n) is 3.85. The highest BCUT2D eigenvalue weighted by Crippen LogP contribution is 2.24. The summed E-state index contributed by atoms with van der Waals surface area (Å²) in [6, 6.07) is 10.2. The number of amides is 1. The summed E-state index contributed by atoms with van der Waals surface area (Å²) in [5, 5.41) is 7.84. The molecule has 142 valence electrons. The van der Waals surface area contributed by atoms with E-state index in [1.165, 1.54) is 12.8 Å². The smallest absolute Gasteiger partial charge is 0.224 e. The molecule has 1 aromatic heterocycles. The van der Waals surface area contributed by atoms with E-state index < -0.39 is 0 Å². The van der Waals surface area contributed by atoms with Crippen molar-refractivity contribution in [2.24, 2.45) is 11.7 Å². The lowest BCUT2D eigenvalue weighted by Gasteiger charge is -2.31. The number of aryl methyl sites for hydroxylation is 1. The lowest BCUT2D eigenvalue weighted by molar-refractivity contribution is -0.121. The predicted octanol–water partition coefficient (Wildman–Crippen LogP) is 3.09. The first-order valence-electron chi connectivity index (χ1n) is 9.20. The van der Waals surface area contributed by atoms with Gasteiger partial charge in [0.05, 0.1) is 17.8 Å². The van der Waals surface area contributed by atoms with Crippen molar-refractivity contribution in [1.29, 1.82) is 0 Å². The zero-order chi connectivity index (χ0) is 17.8. The van der Waals surface area contributed by atoms with Crippen molar-refractivity contribution in [2.75, 3.05) is 6.54 Å². The minimum absolute atomic E-state index is 0. The minimum Gasteiger partial charge on any atom is -0.353 e. The van der Waals surface area contributed by atoms with Crippen LogP contribution in [-0.2, 0) is 11.2 Å². The number of nitrogens with one attached hydrogen (secondary N) is 1. The fraction of sp³-hybridized carbons (Fsp3) is 0.500. The Kier molecular flexibility index (Phi) is 7.23. The minimum atomic E-state index is 0. The number of rotatable bonds is 5. The molecule has 1 aliphatic carbocycles. The Morgan fingerprint density at radius 2 is 1.92 bits per heavy atom. The molecule has 1 saturated carbocycles. The van der Waals surface area contributed by atoms with Gasteiger partial charge in [-0.15, -0.1) is 12.4 Å². The number of benzene rings is 1. The van der Waals surface area contributed by atoms with E-state index in [0.717, 1.165) is 35.5 Å². The summed E-state index contributed by atoms with van der Waals surface area (Å²) in [7, 11) is 0. The maximum absolute atomic E-state index is 12.6. The zero-order valence-corrected chi connectivity index (χ0v) is 16.4. The van der Waals surface area contributed by atoms with Gasteiger partial charge in [-0.2, -0.15) is 5.10 Å². The summed E-state index contributed by atoms with van der Waals surface area (Å²) in [6.07, 6.45) is 4.92. The van der Waals surface area contributed by atoms with E-state index in [1.54, 1.807) is 0 Å². The number of halogens is 1. The van der Waals surface area contributed by atoms with Crippen LogP contribution in [0.3, 0.4) is 0 Å². The van der Waals surface area contributed by atoms with Gasteiger partial charge in [-0.25, -0.2) is 4.68 Å². The molecule has 6 heteroatoms. The van der Waals surface area contributed by atoms with E-state index in [9.17, 15) is 4.79 Å². The van der Waals surface area contributed by atoms with Crippen LogP contribution in [-0.4, -0.2) is 28.3 Å². The predicted molar refractivity (Wildman–Crippen MR) is 107 cm³/mol. The molecule has 3 rings (SSSR count). The molecule has 5 nitrogen and oxygen atoms in total. The van der Waals surface area contributed by atoms with E-state index in [2.05, 4.69) is 10.4 Å². The van der Waals surface area contributed by atoms with Crippen molar-refractivity contribution in [3.05, 3.63) is 47.3 Å². The van der Waals surface area contributed by atoms with Gasteiger partial charge in [-0.1, -0.05) is 31.0 Å². The standard InChI is InChI=1S/C20H28N4O.ClH/c1-14-18(15(2)24(23-14)17-9-4-3-5-10-17)12-20(25)22-19-11-7-6-8-16(19)13-21;/h3-5,9-10,16,19H,6-8,11-13,21H2,1-2H3,(H,22,25);1H. The highest BCUT2D eigenvalue weighted by molar-refractivity contribution is 5.85. The molecular formula is C20H29ClN4O. The Hall–Kier alpha value is -1.85. The number of aromatic nitrogens is 2. The Morgan fingerprint density at radius 3 is 2.62 bits per heavy atom. The van der Waals surface area contributed by atoms with Crippen LogP contribution in [0.5, 0.6) is 0 Å². The molecule has 0 radical (unpaired) electrons. The summed E-state index contributed by atoms with van der Waals surface area (Å²) in [5.41, 5.74) is 9.85. The zero-order valence-electron chi connectivity index (χ0n) is 15.6. The Bertz CT molecular complexity index is 729. The first-order valence-corrected chi connectivity index (χ1v) is 9.20. The normalized spacial score (nSPS) is 19.7. The summed E-state index contributed by atoms with van der Waals surface area (Å²) in [4.78, 5) is 12.6. The Morgan fingerprint density at radius 1 is 1.23 bits per heavy atom. The van der Waals surface area contributed by atoms with Crippen molar-refractivity contribution in [2.45, 2.75) is 52.0 Å². The second-order valence-electron chi connectivity index (χ2n) is 7.03. The lowest BCUT2D eigenvalue weighted by atomic mass is 9.84. The molecule has 2 atom stereocenters. The van der Waals surface area contributed by atoms with Gasteiger partial charge in [-0.3, -0.25) is 4.79 Å². The quantitative estimate of drug-likeness (QED) is 0.842. The van der Waals surface area contributed by atoms with Crippen LogP contribution in [0.4, 0.5) is 0 Å². The third kappa shape index (κ3) is 4.46. The average molecular weight is 377 g/mol. The van der Waals surface area contributed by atoms with Gasteiger partial charge in [0.15, 0.2) is 0 Å². The van der Waals surface area contributed by atoms with E-state index in [-0.39, 0.29) is 24.4 Å². The second kappa shape index (κ2) is 9.19. The van der Waals surface area contributed by atoms with Gasteiger partial charge < -0.3 is 11.1 Å². The summed E-state index contributed by atoms with van der Waals surface area (Å²) < 4.78 is 1.92. The molecule has 2 aromatic rings. The second-order valence-corrected chi connectivity index (χ2v) is 7.03. The van der Waals surface area contributed by atoms with Crippen molar-refractivity contribution in [3.8, 4) is 5.69 Å². The van der Waals surface area contributed by atoms with Gasteiger partial charge in [0.25, 0.3) is 0 Å². The van der Waals surface area contributed by atoms with E-state index in [4.69, 9.17) is 5.73 Å². The number of carbonyl (C=O) groups excluding carboxylic acids is 1. The molecule has 1 amide bonds. The third-order valence-corrected chi connectivity index (χ3v) is 5.34. The highest BCUT2D eigenvalue weighted by atomic mass is 35.5. The number of nitrogens with zero attached hydrogens (tertiary/aromatic N) is 2. The molecule has 1 heterocycles. The van der Waals surface area contributed by atoms with Crippen LogP contribution in [0.25, 0.3) is 5.69 Å². The molecule has 0 saturated heterocycles. The average Bonchev–Trinajstić information content (AvgIpc) is 2.91. The van der Waals surface area contributed by atoms with Crippen molar-refractivity contribution < 1.29 is 4.79 Å².